The maximum Gasteiger partial charge on any atom is 0.212 e. The molecule has 3 aromatic rings. The summed E-state index contributed by atoms with van der Waals surface area (Å²) < 4.78 is 33.3. The third kappa shape index (κ3) is 14.2. The quantitative estimate of drug-likeness (QED) is 0.167. The lowest BCUT2D eigenvalue weighted by molar-refractivity contribution is 0.244. The van der Waals surface area contributed by atoms with Crippen LogP contribution in [0.5, 0.6) is 5.88 Å². The summed E-state index contributed by atoms with van der Waals surface area (Å²) in [6, 6.07) is 14.1. The lowest BCUT2D eigenvalue weighted by Gasteiger charge is -2.19. The van der Waals surface area contributed by atoms with Crippen molar-refractivity contribution >= 4 is 17.6 Å². The second-order valence-corrected chi connectivity index (χ2v) is 10.5. The van der Waals surface area contributed by atoms with E-state index in [9.17, 15) is 8.78 Å². The van der Waals surface area contributed by atoms with E-state index in [0.717, 1.165) is 47.9 Å². The Morgan fingerprint density at radius 3 is 2.00 bits per heavy atom. The number of amidine groups is 1. The topological polar surface area (TPSA) is 89.8 Å². The zero-order valence-electron chi connectivity index (χ0n) is 27.4. The third-order valence-electron chi connectivity index (χ3n) is 6.47. The zero-order valence-corrected chi connectivity index (χ0v) is 27.4. The lowest BCUT2D eigenvalue weighted by atomic mass is 10.1. The molecule has 0 atom stereocenters. The molecule has 8 nitrogen and oxygen atoms in total. The molecular weight excluding hydrogens is 562 g/mol. The summed E-state index contributed by atoms with van der Waals surface area (Å²) in [4.78, 5) is 13.2. The summed E-state index contributed by atoms with van der Waals surface area (Å²) >= 11 is 0. The van der Waals surface area contributed by atoms with E-state index >= 15 is 0 Å². The normalized spacial score (nSPS) is 12.0. The van der Waals surface area contributed by atoms with Gasteiger partial charge in [0.25, 0.3) is 0 Å². The van der Waals surface area contributed by atoms with Gasteiger partial charge in [0.15, 0.2) is 5.84 Å². The maximum absolute atomic E-state index is 12.9. The summed E-state index contributed by atoms with van der Waals surface area (Å²) in [7, 11) is 7.63. The second kappa shape index (κ2) is 21.1. The van der Waals surface area contributed by atoms with Crippen LogP contribution in [-0.2, 0) is 7.05 Å². The van der Waals surface area contributed by atoms with Crippen molar-refractivity contribution in [3.8, 4) is 5.88 Å². The van der Waals surface area contributed by atoms with Gasteiger partial charge in [-0.25, -0.2) is 18.5 Å². The Bertz CT molecular complexity index is 1300. The van der Waals surface area contributed by atoms with E-state index in [1.807, 2.05) is 34.1 Å². The molecule has 0 aliphatic carbocycles. The lowest BCUT2D eigenvalue weighted by Crippen LogP contribution is -2.26. The van der Waals surface area contributed by atoms with Gasteiger partial charge in [-0.15, -0.1) is 0 Å². The molecule has 0 unspecified atom stereocenters. The van der Waals surface area contributed by atoms with E-state index in [0.29, 0.717) is 12.4 Å². The number of hydrogen-bond acceptors (Lipinski definition) is 5. The van der Waals surface area contributed by atoms with Crippen molar-refractivity contribution in [3.63, 3.8) is 0 Å². The van der Waals surface area contributed by atoms with E-state index in [2.05, 4.69) is 50.9 Å². The Kier molecular flexibility index (Phi) is 18.3. The van der Waals surface area contributed by atoms with Gasteiger partial charge < -0.3 is 20.0 Å². The molecule has 0 saturated carbocycles. The van der Waals surface area contributed by atoms with Gasteiger partial charge in [-0.05, 0) is 101 Å². The minimum atomic E-state index is -0.302. The van der Waals surface area contributed by atoms with Crippen LogP contribution in [0.2, 0.25) is 0 Å². The first kappa shape index (κ1) is 38.3. The number of ether oxygens (including phenoxy) is 1. The Hall–Kier alpha value is -3.73. The number of rotatable bonds is 14. The van der Waals surface area contributed by atoms with Gasteiger partial charge in [-0.1, -0.05) is 32.1 Å². The van der Waals surface area contributed by atoms with Gasteiger partial charge in [-0.3, -0.25) is 4.99 Å². The van der Waals surface area contributed by atoms with Gasteiger partial charge in [0, 0.05) is 44.5 Å². The largest absolute Gasteiger partial charge is 0.476 e. The van der Waals surface area contributed by atoms with Crippen LogP contribution in [0, 0.1) is 11.6 Å². The first-order chi connectivity index (χ1) is 20.7. The van der Waals surface area contributed by atoms with Gasteiger partial charge >= 0.3 is 0 Å². The number of aromatic nitrogens is 2. The SMILES string of the molecule is CCCN(CCC)CC/C=C\c1cc(OCCN(C)C)n(C)n1.CN=C(N=C(C)c1ccc(F)cc1)c1ccc(F)cc1.O. The van der Waals surface area contributed by atoms with Crippen molar-refractivity contribution in [2.45, 2.75) is 40.0 Å². The molecule has 2 aromatic carbocycles. The predicted molar refractivity (Wildman–Crippen MR) is 179 cm³/mol. The molecule has 0 aliphatic rings. The predicted octanol–water partition coefficient (Wildman–Crippen LogP) is 5.91. The molecule has 44 heavy (non-hydrogen) atoms. The number of halogens is 2. The summed E-state index contributed by atoms with van der Waals surface area (Å²) in [5.74, 6) is 0.741. The molecule has 0 spiro atoms. The second-order valence-electron chi connectivity index (χ2n) is 10.5. The fourth-order valence-electron chi connectivity index (χ4n) is 4.21. The number of aryl methyl sites for hydroxylation is 1. The van der Waals surface area contributed by atoms with Crippen molar-refractivity contribution in [1.29, 1.82) is 0 Å². The van der Waals surface area contributed by atoms with Crippen LogP contribution in [0.1, 0.15) is 56.9 Å². The highest BCUT2D eigenvalue weighted by Gasteiger charge is 2.06. The van der Waals surface area contributed by atoms with Crippen LogP contribution < -0.4 is 4.74 Å². The molecule has 0 amide bonds. The fourth-order valence-corrected chi connectivity index (χ4v) is 4.21. The van der Waals surface area contributed by atoms with Crippen molar-refractivity contribution in [2.75, 3.05) is 53.9 Å². The molecule has 242 valence electrons. The molecule has 0 aliphatic heterocycles. The molecular formula is C34H50F2N6O2. The Balaban J connectivity index is 0.000000433. The summed E-state index contributed by atoms with van der Waals surface area (Å²) in [6.07, 6.45) is 7.81. The van der Waals surface area contributed by atoms with Gasteiger partial charge in [0.1, 0.15) is 18.2 Å². The molecule has 3 rings (SSSR count). The smallest absolute Gasteiger partial charge is 0.212 e. The minimum absolute atomic E-state index is 0. The number of benzene rings is 2. The summed E-state index contributed by atoms with van der Waals surface area (Å²) in [5.41, 5.74) is 3.23. The molecule has 2 N–H and O–H groups in total. The maximum atomic E-state index is 12.9. The molecule has 0 radical (unpaired) electrons. The number of likely N-dealkylation sites (N-methyl/N-ethyl adjacent to an activating group) is 1. The van der Waals surface area contributed by atoms with Crippen molar-refractivity contribution in [3.05, 3.63) is 89.1 Å². The zero-order chi connectivity index (χ0) is 31.6. The summed E-state index contributed by atoms with van der Waals surface area (Å²) in [6.45, 7) is 11.4. The van der Waals surface area contributed by atoms with E-state index in [1.165, 1.54) is 50.2 Å². The summed E-state index contributed by atoms with van der Waals surface area (Å²) in [5, 5.41) is 4.48. The van der Waals surface area contributed by atoms with Crippen molar-refractivity contribution in [2.24, 2.45) is 17.0 Å². The molecule has 10 heteroatoms. The molecule has 1 heterocycles. The highest BCUT2D eigenvalue weighted by Crippen LogP contribution is 2.14. The molecule has 0 bridgehead atoms. The van der Waals surface area contributed by atoms with E-state index in [-0.39, 0.29) is 17.1 Å². The Morgan fingerprint density at radius 2 is 1.48 bits per heavy atom. The van der Waals surface area contributed by atoms with Crippen molar-refractivity contribution < 1.29 is 19.0 Å². The average molecular weight is 613 g/mol. The van der Waals surface area contributed by atoms with Gasteiger partial charge in [-0.2, -0.15) is 5.10 Å². The van der Waals surface area contributed by atoms with Crippen LogP contribution in [0.15, 0.2) is 70.7 Å². The number of hydrogen-bond donors (Lipinski definition) is 0. The van der Waals surface area contributed by atoms with Crippen LogP contribution in [0.25, 0.3) is 6.08 Å². The monoisotopic (exact) mass is 612 g/mol. The highest BCUT2D eigenvalue weighted by molar-refractivity contribution is 6.11. The third-order valence-corrected chi connectivity index (χ3v) is 6.47. The standard InChI is InChI=1S/C18H34N4O.C16H14F2N2.H2O/c1-6-11-22(12-7-2)13-9-8-10-17-16-18(21(5)19-17)23-15-14-20(3)4;1-11(12-3-7-14(17)8-4-12)20-16(19-2)13-5-9-15(18)10-6-13;/h8,10,16H,6-7,9,11-15H2,1-5H3;3-10H,1-2H3;1H2/b10-8-;;. The average Bonchev–Trinajstić information content (AvgIpc) is 3.34. The van der Waals surface area contributed by atoms with E-state index in [1.54, 1.807) is 36.0 Å². The minimum Gasteiger partial charge on any atom is -0.476 e. The molecule has 0 fully saturated rings. The van der Waals surface area contributed by atoms with E-state index < -0.39 is 0 Å². The Labute approximate surface area is 262 Å². The van der Waals surface area contributed by atoms with Gasteiger partial charge in [0.2, 0.25) is 5.88 Å². The van der Waals surface area contributed by atoms with E-state index in [4.69, 9.17) is 4.74 Å². The molecule has 1 aromatic heterocycles. The van der Waals surface area contributed by atoms with Crippen molar-refractivity contribution in [1.82, 2.24) is 19.6 Å². The fraction of sp³-hybridized carbons (Fsp3) is 0.441. The molecule has 0 saturated heterocycles. The first-order valence-electron chi connectivity index (χ1n) is 14.9. The van der Waals surface area contributed by atoms with Crippen LogP contribution in [0.4, 0.5) is 8.78 Å². The first-order valence-corrected chi connectivity index (χ1v) is 14.9. The highest BCUT2D eigenvalue weighted by atomic mass is 19.1. The van der Waals surface area contributed by atoms with Crippen LogP contribution >= 0.6 is 0 Å². The number of nitrogens with zero attached hydrogens (tertiary/aromatic N) is 6. The number of aliphatic imine (C=N–C) groups is 2. The Morgan fingerprint density at radius 1 is 0.909 bits per heavy atom. The van der Waals surface area contributed by atoms with Crippen LogP contribution in [-0.4, -0.2) is 90.5 Å². The van der Waals surface area contributed by atoms with Crippen LogP contribution in [0.3, 0.4) is 0 Å². The van der Waals surface area contributed by atoms with Gasteiger partial charge in [0.05, 0.1) is 5.69 Å².